The third-order valence-electron chi connectivity index (χ3n) is 6.84. The SMILES string of the molecule is N#CC1(C(=O)N(N)C(=O)c2ccc(CCCCCCCOCC3CCCCC3)cc2)CC1. The Kier molecular flexibility index (Phi) is 9.25. The van der Waals surface area contributed by atoms with Crippen molar-refractivity contribution in [2.45, 2.75) is 83.5 Å². The Labute approximate surface area is 192 Å². The summed E-state index contributed by atoms with van der Waals surface area (Å²) in [6.07, 6.45) is 14.6. The predicted molar refractivity (Wildman–Crippen MR) is 123 cm³/mol. The standard InChI is InChI=1S/C26H37N3O3/c27-20-26(16-17-26)25(31)29(28)24(30)23-14-12-21(13-15-23)9-5-2-1-3-8-18-32-19-22-10-6-4-7-11-22/h12-15,22H,1-11,16-19,28H2. The van der Waals surface area contributed by atoms with E-state index in [9.17, 15) is 9.59 Å². The molecule has 174 valence electrons. The van der Waals surface area contributed by atoms with Gasteiger partial charge in [-0.05, 0) is 68.6 Å². The number of carbonyl (C=O) groups is 2. The van der Waals surface area contributed by atoms with Gasteiger partial charge >= 0.3 is 0 Å². The van der Waals surface area contributed by atoms with Crippen molar-refractivity contribution in [1.29, 1.82) is 5.26 Å². The van der Waals surface area contributed by atoms with Crippen LogP contribution in [0.1, 0.15) is 93.0 Å². The van der Waals surface area contributed by atoms with Gasteiger partial charge in [-0.2, -0.15) is 5.26 Å². The predicted octanol–water partition coefficient (Wildman–Crippen LogP) is 4.92. The summed E-state index contributed by atoms with van der Waals surface area (Å²) < 4.78 is 5.86. The van der Waals surface area contributed by atoms with Gasteiger partial charge in [0, 0.05) is 18.8 Å². The van der Waals surface area contributed by atoms with Crippen molar-refractivity contribution in [1.82, 2.24) is 5.01 Å². The van der Waals surface area contributed by atoms with Crippen molar-refractivity contribution in [3.63, 3.8) is 0 Å². The molecular formula is C26H37N3O3. The summed E-state index contributed by atoms with van der Waals surface area (Å²) in [5.74, 6) is 5.33. The molecular weight excluding hydrogens is 402 g/mol. The number of amides is 2. The van der Waals surface area contributed by atoms with E-state index in [0.29, 0.717) is 23.4 Å². The van der Waals surface area contributed by atoms with Crippen molar-refractivity contribution in [3.8, 4) is 6.07 Å². The Hall–Kier alpha value is -2.23. The number of hydrogen-bond acceptors (Lipinski definition) is 5. The van der Waals surface area contributed by atoms with E-state index >= 15 is 0 Å². The van der Waals surface area contributed by atoms with Gasteiger partial charge in [0.2, 0.25) is 0 Å². The maximum absolute atomic E-state index is 12.4. The lowest BCUT2D eigenvalue weighted by Crippen LogP contribution is -2.46. The number of nitriles is 1. The Morgan fingerprint density at radius 3 is 2.34 bits per heavy atom. The number of aryl methyl sites for hydroxylation is 1. The highest BCUT2D eigenvalue weighted by atomic mass is 16.5. The number of nitrogens with zero attached hydrogens (tertiary/aromatic N) is 2. The average molecular weight is 440 g/mol. The number of hydrazine groups is 1. The smallest absolute Gasteiger partial charge is 0.274 e. The third-order valence-corrected chi connectivity index (χ3v) is 6.84. The van der Waals surface area contributed by atoms with Gasteiger partial charge in [0.15, 0.2) is 0 Å². The largest absolute Gasteiger partial charge is 0.381 e. The highest BCUT2D eigenvalue weighted by Crippen LogP contribution is 2.46. The summed E-state index contributed by atoms with van der Waals surface area (Å²) in [6.45, 7) is 1.84. The zero-order chi connectivity index (χ0) is 22.8. The van der Waals surface area contributed by atoms with Gasteiger partial charge in [0.05, 0.1) is 6.07 Å². The molecule has 0 aliphatic heterocycles. The van der Waals surface area contributed by atoms with Crippen LogP contribution in [0.15, 0.2) is 24.3 Å². The van der Waals surface area contributed by atoms with Gasteiger partial charge in [0.25, 0.3) is 11.8 Å². The second-order valence-electron chi connectivity index (χ2n) is 9.47. The molecule has 0 unspecified atom stereocenters. The number of nitrogens with two attached hydrogens (primary N) is 1. The molecule has 1 aromatic carbocycles. The van der Waals surface area contributed by atoms with E-state index in [1.54, 1.807) is 12.1 Å². The molecule has 2 fully saturated rings. The van der Waals surface area contributed by atoms with Crippen LogP contribution in [0.2, 0.25) is 0 Å². The first-order valence-corrected chi connectivity index (χ1v) is 12.3. The number of unbranched alkanes of at least 4 members (excludes halogenated alkanes) is 4. The number of hydrogen-bond donors (Lipinski definition) is 1. The summed E-state index contributed by atoms with van der Waals surface area (Å²) in [5, 5.41) is 9.72. The van der Waals surface area contributed by atoms with E-state index in [0.717, 1.165) is 38.4 Å². The molecule has 2 aliphatic rings. The molecule has 2 aliphatic carbocycles. The van der Waals surface area contributed by atoms with E-state index in [-0.39, 0.29) is 0 Å². The van der Waals surface area contributed by atoms with E-state index in [1.165, 1.54) is 56.9 Å². The minimum atomic E-state index is -1.09. The zero-order valence-corrected chi connectivity index (χ0v) is 19.2. The van der Waals surface area contributed by atoms with Gasteiger partial charge in [0.1, 0.15) is 5.41 Å². The number of rotatable bonds is 12. The first kappa shape index (κ1) is 24.4. The highest BCUT2D eigenvalue weighted by molar-refractivity contribution is 6.07. The van der Waals surface area contributed by atoms with E-state index in [4.69, 9.17) is 15.8 Å². The Morgan fingerprint density at radius 1 is 1.03 bits per heavy atom. The summed E-state index contributed by atoms with van der Waals surface area (Å²) >= 11 is 0. The summed E-state index contributed by atoms with van der Waals surface area (Å²) in [6, 6.07) is 9.23. The molecule has 0 spiro atoms. The van der Waals surface area contributed by atoms with Crippen LogP contribution in [-0.2, 0) is 16.0 Å². The van der Waals surface area contributed by atoms with Crippen LogP contribution >= 0.6 is 0 Å². The lowest BCUT2D eigenvalue weighted by atomic mass is 9.90. The maximum atomic E-state index is 12.4. The van der Waals surface area contributed by atoms with Crippen LogP contribution in [-0.4, -0.2) is 30.0 Å². The molecule has 6 nitrogen and oxygen atoms in total. The first-order chi connectivity index (χ1) is 15.6. The fourth-order valence-corrected chi connectivity index (χ4v) is 4.44. The maximum Gasteiger partial charge on any atom is 0.274 e. The second-order valence-corrected chi connectivity index (χ2v) is 9.47. The van der Waals surface area contributed by atoms with Crippen molar-refractivity contribution < 1.29 is 14.3 Å². The molecule has 0 aromatic heterocycles. The Balaban J connectivity index is 1.26. The van der Waals surface area contributed by atoms with Crippen LogP contribution in [0.5, 0.6) is 0 Å². The fraction of sp³-hybridized carbons (Fsp3) is 0.654. The molecule has 2 amide bonds. The van der Waals surface area contributed by atoms with Crippen molar-refractivity contribution in [3.05, 3.63) is 35.4 Å². The van der Waals surface area contributed by atoms with Crippen molar-refractivity contribution in [2.75, 3.05) is 13.2 Å². The summed E-state index contributed by atoms with van der Waals surface area (Å²) in [5.41, 5.74) is 0.445. The van der Waals surface area contributed by atoms with Crippen LogP contribution in [0.25, 0.3) is 0 Å². The van der Waals surface area contributed by atoms with E-state index in [2.05, 4.69) is 0 Å². The zero-order valence-electron chi connectivity index (χ0n) is 19.2. The van der Waals surface area contributed by atoms with Crippen LogP contribution in [0.4, 0.5) is 0 Å². The highest BCUT2D eigenvalue weighted by Gasteiger charge is 2.53. The van der Waals surface area contributed by atoms with Crippen molar-refractivity contribution in [2.24, 2.45) is 17.2 Å². The lowest BCUT2D eigenvalue weighted by Gasteiger charge is -2.21. The molecule has 0 atom stereocenters. The molecule has 0 bridgehead atoms. The van der Waals surface area contributed by atoms with Gasteiger partial charge in [-0.3, -0.25) is 9.59 Å². The molecule has 2 saturated carbocycles. The minimum Gasteiger partial charge on any atom is -0.381 e. The average Bonchev–Trinajstić information content (AvgIpc) is 3.64. The van der Waals surface area contributed by atoms with Crippen molar-refractivity contribution >= 4 is 11.8 Å². The van der Waals surface area contributed by atoms with E-state index in [1.807, 2.05) is 18.2 Å². The lowest BCUT2D eigenvalue weighted by molar-refractivity contribution is -0.132. The number of carbonyl (C=O) groups excluding carboxylic acids is 2. The van der Waals surface area contributed by atoms with Crippen LogP contribution in [0, 0.1) is 22.7 Å². The quantitative estimate of drug-likeness (QED) is 0.164. The number of imide groups is 1. The van der Waals surface area contributed by atoms with Gasteiger partial charge < -0.3 is 4.74 Å². The molecule has 0 heterocycles. The Morgan fingerprint density at radius 2 is 1.69 bits per heavy atom. The molecule has 3 rings (SSSR count). The number of ether oxygens (including phenoxy) is 1. The second kappa shape index (κ2) is 12.1. The molecule has 0 saturated heterocycles. The molecule has 32 heavy (non-hydrogen) atoms. The topological polar surface area (TPSA) is 96.4 Å². The minimum absolute atomic E-state index is 0.367. The number of benzene rings is 1. The third kappa shape index (κ3) is 6.88. The Bertz CT molecular complexity index is 790. The van der Waals surface area contributed by atoms with E-state index < -0.39 is 17.2 Å². The first-order valence-electron chi connectivity index (χ1n) is 12.3. The van der Waals surface area contributed by atoms with Crippen LogP contribution < -0.4 is 5.84 Å². The van der Waals surface area contributed by atoms with Gasteiger partial charge in [-0.15, -0.1) is 0 Å². The summed E-state index contributed by atoms with van der Waals surface area (Å²) in [7, 11) is 0. The normalized spacial score (nSPS) is 17.5. The van der Waals surface area contributed by atoms with Gasteiger partial charge in [-0.1, -0.05) is 50.7 Å². The van der Waals surface area contributed by atoms with Crippen LogP contribution in [0.3, 0.4) is 0 Å². The molecule has 1 aromatic rings. The molecule has 6 heteroatoms. The molecule has 0 radical (unpaired) electrons. The van der Waals surface area contributed by atoms with Gasteiger partial charge in [-0.25, -0.2) is 10.9 Å². The monoisotopic (exact) mass is 439 g/mol. The molecule has 2 N–H and O–H groups in total. The fourth-order valence-electron chi connectivity index (χ4n) is 4.44. The summed E-state index contributed by atoms with van der Waals surface area (Å²) in [4.78, 5) is 24.7.